The first-order valence-corrected chi connectivity index (χ1v) is 11.6. The van der Waals surface area contributed by atoms with Crippen LogP contribution in [0.4, 0.5) is 5.69 Å². The van der Waals surface area contributed by atoms with E-state index in [1.807, 2.05) is 37.3 Å². The van der Waals surface area contributed by atoms with Crippen molar-refractivity contribution in [2.45, 2.75) is 43.4 Å². The van der Waals surface area contributed by atoms with Crippen LogP contribution in [0.1, 0.15) is 49.7 Å². The second-order valence-electron chi connectivity index (χ2n) is 7.89. The summed E-state index contributed by atoms with van der Waals surface area (Å²) in [6.07, 6.45) is 4.00. The number of nitrogens with zero attached hydrogens (tertiary/aromatic N) is 1. The van der Waals surface area contributed by atoms with Gasteiger partial charge in [0.25, 0.3) is 5.91 Å². The van der Waals surface area contributed by atoms with E-state index in [1.54, 1.807) is 30.1 Å². The largest absolute Gasteiger partial charge is 0.311 e. The summed E-state index contributed by atoms with van der Waals surface area (Å²) < 4.78 is 28.6. The minimum atomic E-state index is -3.67. The molecule has 2 aliphatic rings. The molecule has 1 heterocycles. The van der Waals surface area contributed by atoms with Gasteiger partial charge in [0.15, 0.2) is 0 Å². The number of anilines is 1. The van der Waals surface area contributed by atoms with Gasteiger partial charge in [0.2, 0.25) is 10.0 Å². The molecule has 0 bridgehead atoms. The average molecular weight is 411 g/mol. The zero-order valence-corrected chi connectivity index (χ0v) is 17.6. The van der Waals surface area contributed by atoms with E-state index in [4.69, 9.17) is 0 Å². The molecule has 29 heavy (non-hydrogen) atoms. The first-order valence-electron chi connectivity index (χ1n) is 10.1. The standard InChI is InChI=1S/C23H26N2O3S/c1-16(17-8-4-3-5-9-17)15-24-29(27,28)19-12-13-21-20(14-19)22(23(26)25(21)2)18-10-6-7-11-18/h3-5,8-9,12-14,16,24H,6-7,10-11,15H2,1-2H3. The van der Waals surface area contributed by atoms with Crippen molar-refractivity contribution in [3.63, 3.8) is 0 Å². The quantitative estimate of drug-likeness (QED) is 0.756. The lowest BCUT2D eigenvalue weighted by Gasteiger charge is -2.14. The number of carbonyl (C=O) groups is 1. The molecule has 5 nitrogen and oxygen atoms in total. The lowest BCUT2D eigenvalue weighted by atomic mass is 10.00. The van der Waals surface area contributed by atoms with E-state index >= 15 is 0 Å². The Balaban J connectivity index is 1.61. The van der Waals surface area contributed by atoms with Crippen molar-refractivity contribution in [3.05, 3.63) is 65.2 Å². The Morgan fingerprint density at radius 3 is 2.45 bits per heavy atom. The van der Waals surface area contributed by atoms with Gasteiger partial charge in [-0.05, 0) is 55.4 Å². The SMILES string of the molecule is CC(CNS(=O)(=O)c1ccc2c(c1)C(=C1CCCC1)C(=O)N2C)c1ccccc1. The Morgan fingerprint density at radius 2 is 1.76 bits per heavy atom. The minimum Gasteiger partial charge on any atom is -0.311 e. The number of allylic oxidation sites excluding steroid dienone is 1. The molecule has 0 aromatic heterocycles. The van der Waals surface area contributed by atoms with E-state index in [9.17, 15) is 13.2 Å². The number of benzene rings is 2. The van der Waals surface area contributed by atoms with Gasteiger partial charge in [-0.1, -0.05) is 42.8 Å². The number of nitrogens with one attached hydrogen (secondary N) is 1. The number of amides is 1. The van der Waals surface area contributed by atoms with Crippen LogP contribution in [0.25, 0.3) is 5.57 Å². The maximum atomic E-state index is 12.9. The molecule has 4 rings (SSSR count). The van der Waals surface area contributed by atoms with Crippen molar-refractivity contribution in [2.24, 2.45) is 0 Å². The summed E-state index contributed by atoms with van der Waals surface area (Å²) in [4.78, 5) is 14.6. The van der Waals surface area contributed by atoms with Crippen molar-refractivity contribution in [1.82, 2.24) is 4.72 Å². The van der Waals surface area contributed by atoms with Gasteiger partial charge < -0.3 is 4.90 Å². The zero-order chi connectivity index (χ0) is 20.6. The van der Waals surface area contributed by atoms with Crippen LogP contribution in [0.5, 0.6) is 0 Å². The second-order valence-corrected chi connectivity index (χ2v) is 9.66. The number of hydrogen-bond donors (Lipinski definition) is 1. The molecule has 2 aromatic carbocycles. The molecule has 1 aliphatic carbocycles. The fourth-order valence-electron chi connectivity index (χ4n) is 4.18. The molecule has 1 aliphatic heterocycles. The van der Waals surface area contributed by atoms with Crippen LogP contribution in [0.15, 0.2) is 59.0 Å². The van der Waals surface area contributed by atoms with Crippen LogP contribution in [-0.4, -0.2) is 27.9 Å². The van der Waals surface area contributed by atoms with Gasteiger partial charge in [-0.3, -0.25) is 4.79 Å². The van der Waals surface area contributed by atoms with Gasteiger partial charge in [-0.15, -0.1) is 0 Å². The predicted molar refractivity (Wildman–Crippen MR) is 115 cm³/mol. The van der Waals surface area contributed by atoms with E-state index in [0.29, 0.717) is 12.1 Å². The monoisotopic (exact) mass is 410 g/mol. The molecule has 1 N–H and O–H groups in total. The fourth-order valence-corrected chi connectivity index (χ4v) is 5.33. The van der Waals surface area contributed by atoms with Crippen molar-refractivity contribution in [3.8, 4) is 0 Å². The molecule has 1 saturated carbocycles. The maximum absolute atomic E-state index is 12.9. The highest BCUT2D eigenvalue weighted by atomic mass is 32.2. The smallest absolute Gasteiger partial charge is 0.258 e. The number of fused-ring (bicyclic) bond motifs is 1. The Kier molecular flexibility index (Phi) is 5.32. The molecule has 0 saturated heterocycles. The Labute approximate surface area is 172 Å². The van der Waals surface area contributed by atoms with E-state index in [-0.39, 0.29) is 16.7 Å². The highest BCUT2D eigenvalue weighted by molar-refractivity contribution is 7.89. The van der Waals surface area contributed by atoms with Gasteiger partial charge in [0.1, 0.15) is 0 Å². The highest BCUT2D eigenvalue weighted by Crippen LogP contribution is 2.42. The maximum Gasteiger partial charge on any atom is 0.258 e. The Bertz CT molecular complexity index is 1070. The fraction of sp³-hybridized carbons (Fsp3) is 0.348. The summed E-state index contributed by atoms with van der Waals surface area (Å²) in [5.74, 6) is 0.0291. The first kappa shape index (κ1) is 19.9. The molecule has 1 fully saturated rings. The van der Waals surface area contributed by atoms with Crippen LogP contribution in [0.3, 0.4) is 0 Å². The third-order valence-electron chi connectivity index (χ3n) is 5.94. The highest BCUT2D eigenvalue weighted by Gasteiger charge is 2.34. The van der Waals surface area contributed by atoms with Gasteiger partial charge >= 0.3 is 0 Å². The van der Waals surface area contributed by atoms with Gasteiger partial charge in [-0.25, -0.2) is 13.1 Å². The average Bonchev–Trinajstić information content (AvgIpc) is 3.34. The molecule has 6 heteroatoms. The van der Waals surface area contributed by atoms with E-state index in [2.05, 4.69) is 4.72 Å². The van der Waals surface area contributed by atoms with Gasteiger partial charge in [0, 0.05) is 24.7 Å². The van der Waals surface area contributed by atoms with E-state index in [0.717, 1.165) is 48.1 Å². The van der Waals surface area contributed by atoms with Gasteiger partial charge in [-0.2, -0.15) is 0 Å². The van der Waals surface area contributed by atoms with Crippen LogP contribution in [-0.2, 0) is 14.8 Å². The van der Waals surface area contributed by atoms with Crippen molar-refractivity contribution in [1.29, 1.82) is 0 Å². The van der Waals surface area contributed by atoms with Crippen LogP contribution in [0.2, 0.25) is 0 Å². The topological polar surface area (TPSA) is 66.5 Å². The third kappa shape index (κ3) is 3.74. The number of likely N-dealkylation sites (N-methyl/N-ethyl adjacent to an activating group) is 1. The lowest BCUT2D eigenvalue weighted by molar-refractivity contribution is -0.112. The summed E-state index contributed by atoms with van der Waals surface area (Å²) in [6.45, 7) is 2.31. The van der Waals surface area contributed by atoms with E-state index < -0.39 is 10.0 Å². The Hall–Kier alpha value is -2.44. The molecule has 1 atom stereocenters. The summed E-state index contributed by atoms with van der Waals surface area (Å²) in [5, 5.41) is 0. The molecule has 2 aromatic rings. The Morgan fingerprint density at radius 1 is 1.07 bits per heavy atom. The molecule has 0 radical (unpaired) electrons. The summed E-state index contributed by atoms with van der Waals surface area (Å²) in [6, 6.07) is 14.8. The normalized spacial score (nSPS) is 17.7. The van der Waals surface area contributed by atoms with Gasteiger partial charge in [0.05, 0.1) is 10.6 Å². The second kappa shape index (κ2) is 7.76. The molecule has 1 amide bonds. The third-order valence-corrected chi connectivity index (χ3v) is 7.36. The summed E-state index contributed by atoms with van der Waals surface area (Å²) in [7, 11) is -1.92. The lowest BCUT2D eigenvalue weighted by Crippen LogP contribution is -2.27. The van der Waals surface area contributed by atoms with Crippen molar-refractivity contribution >= 4 is 27.2 Å². The first-order chi connectivity index (χ1) is 13.9. The van der Waals surface area contributed by atoms with Crippen molar-refractivity contribution in [2.75, 3.05) is 18.5 Å². The number of rotatable bonds is 5. The minimum absolute atomic E-state index is 0.0305. The number of hydrogen-bond acceptors (Lipinski definition) is 3. The molecule has 0 spiro atoms. The van der Waals surface area contributed by atoms with E-state index in [1.165, 1.54) is 0 Å². The molecular weight excluding hydrogens is 384 g/mol. The number of carbonyl (C=O) groups excluding carboxylic acids is 1. The number of sulfonamides is 1. The van der Waals surface area contributed by atoms with Crippen LogP contribution in [0, 0.1) is 0 Å². The molecular formula is C23H26N2O3S. The van der Waals surface area contributed by atoms with Crippen molar-refractivity contribution < 1.29 is 13.2 Å². The van der Waals surface area contributed by atoms with Crippen LogP contribution >= 0.6 is 0 Å². The summed E-state index contributed by atoms with van der Waals surface area (Å²) in [5.41, 5.74) is 4.47. The molecule has 152 valence electrons. The predicted octanol–water partition coefficient (Wildman–Crippen LogP) is 4.07. The zero-order valence-electron chi connectivity index (χ0n) is 16.8. The summed E-state index contributed by atoms with van der Waals surface area (Å²) >= 11 is 0. The molecule has 1 unspecified atom stereocenters. The van der Waals surface area contributed by atoms with Crippen LogP contribution < -0.4 is 9.62 Å².